The second-order valence-corrected chi connectivity index (χ2v) is 13.5. The Hall–Kier alpha value is -4.35. The molecule has 0 aromatic carbocycles. The maximum Gasteiger partial charge on any atom is 2.00 e. The van der Waals surface area contributed by atoms with Crippen molar-refractivity contribution >= 4 is 71.4 Å². The quantitative estimate of drug-likeness (QED) is 0.122. The van der Waals surface area contributed by atoms with Crippen molar-refractivity contribution in [1.29, 1.82) is 0 Å². The van der Waals surface area contributed by atoms with Crippen LogP contribution in [-0.4, -0.2) is 72.9 Å². The molecule has 1 saturated carbocycles. The zero-order valence-electron chi connectivity index (χ0n) is 30.3. The van der Waals surface area contributed by atoms with Gasteiger partial charge in [0.2, 0.25) is 0 Å². The summed E-state index contributed by atoms with van der Waals surface area (Å²) in [7, 11) is 1.27. The first kappa shape index (κ1) is 37.9. The van der Waals surface area contributed by atoms with Crippen LogP contribution in [0.1, 0.15) is 85.9 Å². The van der Waals surface area contributed by atoms with E-state index < -0.39 is 24.0 Å². The zero-order chi connectivity index (χ0) is 36.0. The van der Waals surface area contributed by atoms with E-state index in [0.717, 1.165) is 28.5 Å². The van der Waals surface area contributed by atoms with Crippen LogP contribution in [-0.2, 0) is 30.3 Å². The third kappa shape index (κ3) is 6.62. The van der Waals surface area contributed by atoms with Gasteiger partial charge in [-0.05, 0) is 69.6 Å². The smallest absolute Gasteiger partial charge is 0.682 e. The van der Waals surface area contributed by atoms with Gasteiger partial charge < -0.3 is 30.1 Å². The first-order valence-electron chi connectivity index (χ1n) is 17.1. The van der Waals surface area contributed by atoms with Crippen LogP contribution in [0.3, 0.4) is 0 Å². The van der Waals surface area contributed by atoms with Crippen molar-refractivity contribution in [2.75, 3.05) is 13.7 Å². The number of fused-ring (bicyclic) bond motifs is 7. The summed E-state index contributed by atoms with van der Waals surface area (Å²) in [4.78, 5) is 62.8. The molecular weight excluding hydrogens is 657 g/mol. The largest absolute Gasteiger partial charge is 2.00 e. The van der Waals surface area contributed by atoms with Crippen LogP contribution >= 0.6 is 0 Å². The Labute approximate surface area is 314 Å². The van der Waals surface area contributed by atoms with E-state index >= 15 is 0 Å². The molecule has 2 aromatic heterocycles. The van der Waals surface area contributed by atoms with Gasteiger partial charge in [0, 0.05) is 12.0 Å². The van der Waals surface area contributed by atoms with Crippen LogP contribution in [0, 0.1) is 24.7 Å². The van der Waals surface area contributed by atoms with Gasteiger partial charge in [0.1, 0.15) is 18.8 Å². The van der Waals surface area contributed by atoms with E-state index in [1.165, 1.54) is 7.11 Å². The monoisotopic (exact) mass is 698 g/mol. The predicted octanol–water partition coefficient (Wildman–Crippen LogP) is 4.51. The topological polar surface area (TPSA) is 143 Å². The minimum Gasteiger partial charge on any atom is -0.682 e. The number of Topliss-reactive ketones (excluding diaryl/α,β-unsaturated/α-hetero) is 1. The number of methoxy groups -OCH3 is 1. The summed E-state index contributed by atoms with van der Waals surface area (Å²) in [6.45, 7) is 15.9. The fourth-order valence-electron chi connectivity index (χ4n) is 7.65. The Morgan fingerprint density at radius 1 is 1.04 bits per heavy atom. The summed E-state index contributed by atoms with van der Waals surface area (Å²) in [5.41, 5.74) is 7.78. The van der Waals surface area contributed by atoms with Gasteiger partial charge in [-0.3, -0.25) is 19.2 Å². The minimum atomic E-state index is -1.21. The molecule has 3 aliphatic heterocycles. The third-order valence-corrected chi connectivity index (χ3v) is 10.4. The molecule has 6 rings (SSSR count). The van der Waals surface area contributed by atoms with Crippen LogP contribution < -0.4 is 20.7 Å². The van der Waals surface area contributed by atoms with Gasteiger partial charge in [-0.15, -0.1) is 33.9 Å². The van der Waals surface area contributed by atoms with Crippen molar-refractivity contribution in [2.45, 2.75) is 72.9 Å². The fourth-order valence-corrected chi connectivity index (χ4v) is 7.65. The number of hydrogen-bond donors (Lipinski definition) is 0. The molecule has 1 saturated heterocycles. The third-order valence-electron chi connectivity index (χ3n) is 10.4. The molecule has 51 heavy (non-hydrogen) atoms. The first-order valence-corrected chi connectivity index (χ1v) is 17.1. The van der Waals surface area contributed by atoms with Gasteiger partial charge in [-0.1, -0.05) is 78.6 Å². The molecule has 10 nitrogen and oxygen atoms in total. The molecule has 262 valence electrons. The van der Waals surface area contributed by atoms with Gasteiger partial charge in [-0.25, -0.2) is 0 Å². The van der Waals surface area contributed by atoms with E-state index in [0.29, 0.717) is 68.6 Å². The molecule has 0 amide bonds. The summed E-state index contributed by atoms with van der Waals surface area (Å²) in [5, 5.41) is 11.6. The number of ether oxygens (including phenoxy) is 2. The number of carbonyl (C=O) groups is 4. The van der Waals surface area contributed by atoms with E-state index in [1.54, 1.807) is 6.08 Å². The summed E-state index contributed by atoms with van der Waals surface area (Å²) in [6, 6.07) is -1.15. The number of hydrogen-bond acceptors (Lipinski definition) is 6. The number of aromatic nitrogens is 2. The standard InChI is InChI=1S/C40H43N4O6.Mg/c1-9-23-20(5)27-15-28-21(6)25(11-12-33(46)50-14-13-19(3)4)37(43-28)35-36(40(48)49-8)39(47)34-22(7)29(44-38(34)35)16-31-24(10-2)26(18-45)32(42-31)17-30(23)41-27;/h9,13,15-18,21,25,28,36,38H,1,10-12,14H2,2-8H3,(H-,41,42,45,47);/q-3;+2/p-1/b27-15-,37-35-;/t21-,25-,28?,36+,38+;/m0./s1. The maximum atomic E-state index is 14.2. The second kappa shape index (κ2) is 15.1. The van der Waals surface area contributed by atoms with Crippen LogP contribution in [0.5, 0.6) is 0 Å². The predicted molar refractivity (Wildman–Crippen MR) is 197 cm³/mol. The average Bonchev–Trinajstić information content (AvgIpc) is 3.83. The van der Waals surface area contributed by atoms with Crippen LogP contribution in [0.25, 0.3) is 34.9 Å². The van der Waals surface area contributed by atoms with Gasteiger partial charge in [-0.2, -0.15) is 5.70 Å². The molecule has 0 spiro atoms. The number of ketones is 1. The first-order chi connectivity index (χ1) is 23.9. The Morgan fingerprint density at radius 2 is 1.78 bits per heavy atom. The molecule has 1 unspecified atom stereocenters. The summed E-state index contributed by atoms with van der Waals surface area (Å²) < 4.78 is 10.7. The molecule has 0 radical (unpaired) electrons. The molecule has 8 bridgehead atoms. The summed E-state index contributed by atoms with van der Waals surface area (Å²) >= 11 is 0. The Balaban J connectivity index is 0.00000504. The van der Waals surface area contributed by atoms with Crippen molar-refractivity contribution < 1.29 is 28.7 Å². The number of allylic oxidation sites excluding steroid dienone is 3. The molecule has 0 N–H and O–H groups in total. The van der Waals surface area contributed by atoms with E-state index in [2.05, 4.69) is 13.5 Å². The molecule has 1 aliphatic carbocycles. The van der Waals surface area contributed by atoms with Crippen molar-refractivity contribution in [1.82, 2.24) is 9.97 Å². The normalized spacial score (nSPS) is 26.7. The van der Waals surface area contributed by atoms with Crippen molar-refractivity contribution in [3.05, 3.63) is 101 Å². The van der Waals surface area contributed by atoms with Gasteiger partial charge in [0.05, 0.1) is 7.11 Å². The Bertz CT molecular complexity index is 2070. The molecule has 2 fully saturated rings. The van der Waals surface area contributed by atoms with E-state index in [-0.39, 0.29) is 59.7 Å². The van der Waals surface area contributed by atoms with Gasteiger partial charge in [0.15, 0.2) is 5.78 Å². The van der Waals surface area contributed by atoms with Crippen molar-refractivity contribution in [3.63, 3.8) is 0 Å². The van der Waals surface area contributed by atoms with Gasteiger partial charge in [0.25, 0.3) is 0 Å². The Morgan fingerprint density at radius 3 is 2.43 bits per heavy atom. The number of esters is 2. The molecule has 5 atom stereocenters. The molecule has 11 heteroatoms. The van der Waals surface area contributed by atoms with Crippen LogP contribution in [0.15, 0.2) is 46.3 Å². The van der Waals surface area contributed by atoms with Gasteiger partial charge >= 0.3 is 35.0 Å². The van der Waals surface area contributed by atoms with Crippen molar-refractivity contribution in [3.8, 4) is 0 Å². The number of rotatable bonds is 9. The van der Waals surface area contributed by atoms with E-state index in [4.69, 9.17) is 30.1 Å². The zero-order valence-corrected chi connectivity index (χ0v) is 31.7. The SMILES string of the molecule is C=Cc1c(C)/c2[n-]/c1=C/c1[n-]c(c(CC)c1C=O)/C=C1\[N-][C@@H]3C(=C1C)C(=O)[C@H](C(=O)OC)/C3=C1/[N-]C(\C=2)[C@@H](C)[C@@H]1CCC(=O)OCC=C(C)C.[Mg+2]. The Kier molecular flexibility index (Phi) is 11.2. The molecule has 5 heterocycles. The number of carbonyl (C=O) groups excluding carboxylic acids is 4. The summed E-state index contributed by atoms with van der Waals surface area (Å²) in [6.07, 6.45) is 11.1. The fraction of sp³-hybridized carbons (Fsp3) is 0.400. The molecular formula is C40H42MgN4O6-2. The summed E-state index contributed by atoms with van der Waals surface area (Å²) in [5.74, 6) is -3.00. The molecule has 4 aliphatic rings. The van der Waals surface area contributed by atoms with E-state index in [9.17, 15) is 19.2 Å². The second-order valence-electron chi connectivity index (χ2n) is 13.5. The minimum absolute atomic E-state index is 0. The van der Waals surface area contributed by atoms with Crippen LogP contribution in [0.4, 0.5) is 0 Å². The number of aldehydes is 1. The van der Waals surface area contributed by atoms with E-state index in [1.807, 2.05) is 58.9 Å². The molecule has 2 aromatic rings. The van der Waals surface area contributed by atoms with Crippen LogP contribution in [0.2, 0.25) is 0 Å². The number of nitrogens with zero attached hydrogens (tertiary/aromatic N) is 4. The maximum absolute atomic E-state index is 14.2. The van der Waals surface area contributed by atoms with Crippen molar-refractivity contribution in [2.24, 2.45) is 17.8 Å². The average molecular weight is 699 g/mol.